The number of carbonyl (C=O) groups excluding carboxylic acids is 3. The zero-order valence-corrected chi connectivity index (χ0v) is 36.0. The lowest BCUT2D eigenvalue weighted by Crippen LogP contribution is -2.48. The molecular weight excluding hydrogens is 811 g/mol. The van der Waals surface area contributed by atoms with Crippen LogP contribution in [0.1, 0.15) is 126 Å². The number of nitrogens with zero attached hydrogens (tertiary/aromatic N) is 9. The molecular formula is C45H54F2N12O4. The monoisotopic (exact) mass is 864 g/mol. The van der Waals surface area contributed by atoms with Gasteiger partial charge < -0.3 is 25.4 Å². The van der Waals surface area contributed by atoms with E-state index < -0.39 is 23.6 Å². The van der Waals surface area contributed by atoms with Gasteiger partial charge in [0.15, 0.2) is 17.2 Å². The van der Waals surface area contributed by atoms with E-state index in [4.69, 9.17) is 25.3 Å². The largest absolute Gasteiger partial charge is 0.383 e. The van der Waals surface area contributed by atoms with Crippen LogP contribution in [-0.2, 0) is 19.9 Å². The van der Waals surface area contributed by atoms with Crippen molar-refractivity contribution in [3.05, 3.63) is 59.4 Å². The van der Waals surface area contributed by atoms with Gasteiger partial charge >= 0.3 is 0 Å². The molecule has 16 nitrogen and oxygen atoms in total. The number of nitrogens with two attached hydrogens (primary N) is 1. The van der Waals surface area contributed by atoms with E-state index in [2.05, 4.69) is 30.7 Å². The summed E-state index contributed by atoms with van der Waals surface area (Å²) in [6, 6.07) is 1.78. The van der Waals surface area contributed by atoms with Crippen LogP contribution in [0, 0.1) is 11.6 Å². The zero-order chi connectivity index (χ0) is 44.0. The van der Waals surface area contributed by atoms with Gasteiger partial charge in [0.1, 0.15) is 41.2 Å². The fourth-order valence-corrected chi connectivity index (χ4v) is 9.14. The third-order valence-corrected chi connectivity index (χ3v) is 12.9. The van der Waals surface area contributed by atoms with E-state index >= 15 is 8.78 Å². The molecule has 4 fully saturated rings. The summed E-state index contributed by atoms with van der Waals surface area (Å²) in [6.45, 7) is 9.84. The molecule has 0 spiro atoms. The zero-order valence-electron chi connectivity index (χ0n) is 36.0. The number of rotatable bonds is 14. The highest BCUT2D eigenvalue weighted by molar-refractivity contribution is 6.02. The highest BCUT2D eigenvalue weighted by Gasteiger charge is 2.38. The minimum absolute atomic E-state index is 0.103. The van der Waals surface area contributed by atoms with E-state index in [0.29, 0.717) is 72.0 Å². The number of halogens is 2. The van der Waals surface area contributed by atoms with Crippen LogP contribution in [0.2, 0.25) is 0 Å². The summed E-state index contributed by atoms with van der Waals surface area (Å²) in [6.07, 6.45) is 13.2. The number of piperidine rings is 2. The maximum atomic E-state index is 15.2. The van der Waals surface area contributed by atoms with Crippen molar-refractivity contribution >= 4 is 40.3 Å². The molecule has 1 aromatic carbocycles. The molecule has 18 heteroatoms. The Morgan fingerprint density at radius 1 is 0.905 bits per heavy atom. The quantitative estimate of drug-likeness (QED) is 0.0818. The lowest BCUT2D eigenvalue weighted by atomic mass is 9.88. The van der Waals surface area contributed by atoms with E-state index in [9.17, 15) is 14.4 Å². The lowest BCUT2D eigenvalue weighted by molar-refractivity contribution is -0.136. The van der Waals surface area contributed by atoms with Crippen LogP contribution in [0.25, 0.3) is 33.8 Å². The van der Waals surface area contributed by atoms with E-state index in [1.807, 2.05) is 42.7 Å². The average Bonchev–Trinajstić information content (AvgIpc) is 3.85. The Morgan fingerprint density at radius 3 is 2.30 bits per heavy atom. The average molecular weight is 865 g/mol. The van der Waals surface area contributed by atoms with E-state index in [1.54, 1.807) is 0 Å². The van der Waals surface area contributed by atoms with Crippen LogP contribution in [0.4, 0.5) is 20.3 Å². The highest BCUT2D eigenvalue weighted by Crippen LogP contribution is 2.48. The van der Waals surface area contributed by atoms with E-state index in [1.165, 1.54) is 18.5 Å². The maximum absolute atomic E-state index is 15.2. The van der Waals surface area contributed by atoms with Crippen LogP contribution in [0.5, 0.6) is 0 Å². The van der Waals surface area contributed by atoms with E-state index in [-0.39, 0.29) is 59.2 Å². The number of unbranched alkanes of at least 4 members (excludes halogenated alkanes) is 3. The number of benzene rings is 1. The number of nitrogens with one attached hydrogen (secondary N) is 2. The Labute approximate surface area is 363 Å². The molecule has 1 unspecified atom stereocenters. The summed E-state index contributed by atoms with van der Waals surface area (Å²) in [5.41, 5.74) is 9.64. The molecule has 5 aromatic rings. The van der Waals surface area contributed by atoms with Gasteiger partial charge in [0.05, 0.1) is 16.5 Å². The number of nitrogen functional groups attached to an aromatic ring is 1. The Bertz CT molecular complexity index is 2490. The molecule has 4 N–H and O–H groups in total. The van der Waals surface area contributed by atoms with Crippen molar-refractivity contribution in [2.45, 2.75) is 121 Å². The first kappa shape index (κ1) is 42.4. The van der Waals surface area contributed by atoms with Gasteiger partial charge in [-0.05, 0) is 109 Å². The first-order valence-corrected chi connectivity index (χ1v) is 22.2. The van der Waals surface area contributed by atoms with Crippen molar-refractivity contribution in [2.24, 2.45) is 0 Å². The first-order chi connectivity index (χ1) is 30.3. The van der Waals surface area contributed by atoms with Gasteiger partial charge in [-0.2, -0.15) is 5.10 Å². The number of anilines is 2. The van der Waals surface area contributed by atoms with Crippen molar-refractivity contribution in [1.29, 1.82) is 0 Å². The molecule has 0 radical (unpaired) electrons. The Balaban J connectivity index is 0.712. The molecule has 332 valence electrons. The molecule has 9 rings (SSSR count). The summed E-state index contributed by atoms with van der Waals surface area (Å²) >= 11 is 0. The molecule has 4 aliphatic rings. The van der Waals surface area contributed by atoms with Gasteiger partial charge in [-0.3, -0.25) is 19.7 Å². The molecule has 1 atom stereocenters. The van der Waals surface area contributed by atoms with Gasteiger partial charge in [-0.25, -0.2) is 33.4 Å². The standard InChI is InChI=1S/C45H54F2N12O4/c1-45(2,3)59-43-37(41(48)51-24-52-43)38(55-59)39-36(40(63-56-39)26-9-10-26)42-49-20-27(21-50-42)28-22-58(23-28)34(61)8-6-4-5-7-15-57-16-13-25(14-17-57)35-30(46)18-29(19-31(35)47)53-32-11-12-33(60)54-44(32)62/h18-21,24-26,28,32,53H,4-17,22-23H2,1-3H3,(H2,48,51,52)(H,54,60,62). The molecule has 3 saturated heterocycles. The van der Waals surface area contributed by atoms with Gasteiger partial charge in [-0.1, -0.05) is 18.0 Å². The van der Waals surface area contributed by atoms with Crippen LogP contribution < -0.4 is 16.4 Å². The van der Waals surface area contributed by atoms with Crippen LogP contribution in [0.3, 0.4) is 0 Å². The van der Waals surface area contributed by atoms with Crippen LogP contribution in [-0.4, -0.2) is 101 Å². The second-order valence-corrected chi connectivity index (χ2v) is 18.6. The molecule has 1 aliphatic carbocycles. The van der Waals surface area contributed by atoms with Gasteiger partial charge in [0.2, 0.25) is 17.7 Å². The van der Waals surface area contributed by atoms with Crippen LogP contribution in [0.15, 0.2) is 35.4 Å². The predicted octanol–water partition coefficient (Wildman–Crippen LogP) is 6.40. The van der Waals surface area contributed by atoms with Crippen molar-refractivity contribution < 1.29 is 27.7 Å². The van der Waals surface area contributed by atoms with Crippen molar-refractivity contribution in [3.8, 4) is 22.8 Å². The van der Waals surface area contributed by atoms with E-state index in [0.717, 1.165) is 69.5 Å². The Kier molecular flexibility index (Phi) is 11.7. The molecule has 1 saturated carbocycles. The second-order valence-electron chi connectivity index (χ2n) is 18.6. The normalized spacial score (nSPS) is 19.1. The first-order valence-electron chi connectivity index (χ1n) is 22.2. The molecule has 3 aliphatic heterocycles. The highest BCUT2D eigenvalue weighted by atomic mass is 19.1. The van der Waals surface area contributed by atoms with Crippen LogP contribution >= 0.6 is 0 Å². The summed E-state index contributed by atoms with van der Waals surface area (Å²) in [7, 11) is 0. The van der Waals surface area contributed by atoms with Crippen molar-refractivity contribution in [3.63, 3.8) is 0 Å². The Morgan fingerprint density at radius 2 is 1.62 bits per heavy atom. The maximum Gasteiger partial charge on any atom is 0.249 e. The molecule has 63 heavy (non-hydrogen) atoms. The van der Waals surface area contributed by atoms with Crippen molar-refractivity contribution in [1.82, 2.24) is 50.0 Å². The number of aromatic nitrogens is 7. The fourth-order valence-electron chi connectivity index (χ4n) is 9.14. The topological polar surface area (TPSA) is 203 Å². The lowest BCUT2D eigenvalue weighted by Gasteiger charge is -2.39. The molecule has 4 aromatic heterocycles. The van der Waals surface area contributed by atoms with Gasteiger partial charge in [0.25, 0.3) is 0 Å². The van der Waals surface area contributed by atoms with Gasteiger partial charge in [-0.15, -0.1) is 0 Å². The number of fused-ring (bicyclic) bond motifs is 1. The number of hydrogen-bond acceptors (Lipinski definition) is 13. The minimum Gasteiger partial charge on any atom is -0.383 e. The Hall–Kier alpha value is -5.91. The molecule has 0 bridgehead atoms. The summed E-state index contributed by atoms with van der Waals surface area (Å²) in [5.74, 6) is -0.173. The number of carbonyl (C=O) groups is 3. The number of hydrogen-bond donors (Lipinski definition) is 3. The smallest absolute Gasteiger partial charge is 0.249 e. The SMILES string of the molecule is CC(C)(C)n1nc(-c2noc(C3CC3)c2-c2ncc(C3CN(C(=O)CCCCCCN4CCC(c5c(F)cc(NC6CCC(=O)NC6=O)cc5F)CC4)C3)cn2)c2c(N)ncnc21. The molecule has 3 amide bonds. The van der Waals surface area contributed by atoms with Crippen molar-refractivity contribution in [2.75, 3.05) is 43.8 Å². The number of amides is 3. The third-order valence-electron chi connectivity index (χ3n) is 12.9. The fraction of sp³-hybridized carbons (Fsp3) is 0.533. The summed E-state index contributed by atoms with van der Waals surface area (Å²) < 4.78 is 38.1. The summed E-state index contributed by atoms with van der Waals surface area (Å²) in [5, 5.41) is 15.2. The molecule has 7 heterocycles. The number of imide groups is 1. The minimum atomic E-state index is -0.710. The number of likely N-dealkylation sites (tertiary alicyclic amines) is 2. The second kappa shape index (κ2) is 17.3. The third kappa shape index (κ3) is 8.86. The predicted molar refractivity (Wildman–Crippen MR) is 230 cm³/mol. The van der Waals surface area contributed by atoms with Gasteiger partial charge in [0, 0.05) is 61.4 Å². The summed E-state index contributed by atoms with van der Waals surface area (Å²) in [4.78, 5) is 59.2.